The summed E-state index contributed by atoms with van der Waals surface area (Å²) in [5.74, 6) is -0.174. The fourth-order valence-electron chi connectivity index (χ4n) is 2.29. The van der Waals surface area contributed by atoms with Crippen LogP contribution in [0.4, 0.5) is 0 Å². The van der Waals surface area contributed by atoms with Crippen LogP contribution in [0.2, 0.25) is 0 Å². The van der Waals surface area contributed by atoms with Crippen molar-refractivity contribution in [3.8, 4) is 0 Å². The van der Waals surface area contributed by atoms with Crippen molar-refractivity contribution in [2.75, 3.05) is 0 Å². The van der Waals surface area contributed by atoms with Gasteiger partial charge in [-0.1, -0.05) is 32.4 Å². The van der Waals surface area contributed by atoms with Crippen LogP contribution in [0, 0.1) is 11.3 Å². The Morgan fingerprint density at radius 1 is 1.35 bits per heavy atom. The summed E-state index contributed by atoms with van der Waals surface area (Å²) in [5, 5.41) is 2.80. The molecule has 4 nitrogen and oxygen atoms in total. The molecule has 1 aliphatic heterocycles. The Kier molecular flexibility index (Phi) is 3.75. The summed E-state index contributed by atoms with van der Waals surface area (Å²) in [6.45, 7) is 7.94. The lowest BCUT2D eigenvalue weighted by Crippen LogP contribution is -2.32. The highest BCUT2D eigenvalue weighted by atomic mass is 16.2. The number of amides is 2. The van der Waals surface area contributed by atoms with Gasteiger partial charge in [0.1, 0.15) is 0 Å². The Morgan fingerprint density at radius 2 is 2.05 bits per heavy atom. The van der Waals surface area contributed by atoms with Gasteiger partial charge in [-0.3, -0.25) is 9.59 Å². The van der Waals surface area contributed by atoms with Gasteiger partial charge in [-0.05, 0) is 24.5 Å². The minimum atomic E-state index is -0.137. The first-order chi connectivity index (χ1) is 9.24. The second-order valence-corrected chi connectivity index (χ2v) is 6.48. The number of nitrogens with zero attached hydrogens (tertiary/aromatic N) is 1. The maximum Gasteiger partial charge on any atom is 0.248 e. The zero-order valence-electron chi connectivity index (χ0n) is 12.4. The Bertz CT molecular complexity index is 572. The monoisotopic (exact) mass is 272 g/mol. The number of fused-ring (bicyclic) bond motifs is 1. The van der Waals surface area contributed by atoms with E-state index >= 15 is 0 Å². The molecule has 20 heavy (non-hydrogen) atoms. The highest BCUT2D eigenvalue weighted by Gasteiger charge is 2.24. The second kappa shape index (κ2) is 5.19. The van der Waals surface area contributed by atoms with Crippen LogP contribution < -0.4 is 5.32 Å². The predicted octanol–water partition coefficient (Wildman–Crippen LogP) is 2.54. The van der Waals surface area contributed by atoms with E-state index in [1.54, 1.807) is 12.2 Å². The number of hydrogen-bond donors (Lipinski definition) is 1. The number of allylic oxidation sites excluding steroid dienone is 3. The molecule has 2 rings (SSSR count). The van der Waals surface area contributed by atoms with Crippen LogP contribution in [0.25, 0.3) is 0 Å². The lowest BCUT2D eigenvalue weighted by Gasteiger charge is -2.25. The Morgan fingerprint density at radius 3 is 2.70 bits per heavy atom. The molecule has 0 fully saturated rings. The van der Waals surface area contributed by atoms with Gasteiger partial charge in [0.25, 0.3) is 0 Å². The minimum absolute atomic E-state index is 0.0758. The highest BCUT2D eigenvalue weighted by Crippen LogP contribution is 2.26. The molecule has 1 heterocycles. The van der Waals surface area contributed by atoms with E-state index in [1.807, 2.05) is 39.8 Å². The van der Waals surface area contributed by atoms with Crippen LogP contribution in [0.5, 0.6) is 0 Å². The first kappa shape index (κ1) is 14.4. The topological polar surface area (TPSA) is 58.5 Å². The third kappa shape index (κ3) is 3.53. The van der Waals surface area contributed by atoms with E-state index in [2.05, 4.69) is 10.3 Å². The van der Waals surface area contributed by atoms with E-state index in [4.69, 9.17) is 0 Å². The summed E-state index contributed by atoms with van der Waals surface area (Å²) in [6.07, 6.45) is 7.58. The molecule has 2 amide bonds. The average molecular weight is 272 g/mol. The average Bonchev–Trinajstić information content (AvgIpc) is 2.24. The largest absolute Gasteiger partial charge is 0.325 e. The van der Waals surface area contributed by atoms with Gasteiger partial charge >= 0.3 is 0 Å². The molecule has 0 aromatic carbocycles. The van der Waals surface area contributed by atoms with Crippen molar-refractivity contribution in [1.29, 1.82) is 0 Å². The zero-order valence-corrected chi connectivity index (χ0v) is 12.4. The van der Waals surface area contributed by atoms with E-state index in [9.17, 15) is 9.59 Å². The van der Waals surface area contributed by atoms with Gasteiger partial charge in [0.15, 0.2) is 0 Å². The number of carbonyl (C=O) groups excluding carboxylic acids is 2. The summed E-state index contributed by atoms with van der Waals surface area (Å²) in [5.41, 5.74) is 2.31. The Balaban J connectivity index is 2.18. The van der Waals surface area contributed by atoms with Crippen LogP contribution in [-0.2, 0) is 9.59 Å². The molecule has 0 aromatic rings. The van der Waals surface area contributed by atoms with Crippen LogP contribution >= 0.6 is 0 Å². The Labute approximate surface area is 119 Å². The van der Waals surface area contributed by atoms with E-state index in [1.165, 1.54) is 0 Å². The second-order valence-electron chi connectivity index (χ2n) is 6.48. The molecular weight excluding hydrogens is 252 g/mol. The predicted molar refractivity (Wildman–Crippen MR) is 79.1 cm³/mol. The van der Waals surface area contributed by atoms with Crippen LogP contribution in [0.3, 0.4) is 0 Å². The molecule has 0 saturated carbocycles. The summed E-state index contributed by atoms with van der Waals surface area (Å²) in [4.78, 5) is 27.5. The number of nitrogens with one attached hydrogen (secondary N) is 1. The number of aliphatic imine (C=N–C) groups is 1. The molecule has 106 valence electrons. The van der Waals surface area contributed by atoms with Gasteiger partial charge in [0.2, 0.25) is 11.8 Å². The molecule has 1 aliphatic carbocycles. The van der Waals surface area contributed by atoms with Crippen molar-refractivity contribution in [2.45, 2.75) is 34.1 Å². The first-order valence-corrected chi connectivity index (χ1v) is 6.75. The zero-order chi connectivity index (χ0) is 14.9. The SMILES string of the molecule is CC1=CC(=O)NC2=CC(=NC(=O)CC(C)(C)C)C=CC12. The molecule has 1 atom stereocenters. The van der Waals surface area contributed by atoms with Crippen molar-refractivity contribution in [2.24, 2.45) is 16.3 Å². The third-order valence-corrected chi connectivity index (χ3v) is 3.15. The minimum Gasteiger partial charge on any atom is -0.325 e. The van der Waals surface area contributed by atoms with Gasteiger partial charge in [0.05, 0.1) is 5.71 Å². The molecule has 4 heteroatoms. The molecule has 2 aliphatic rings. The fraction of sp³-hybridized carbons (Fsp3) is 0.438. The normalized spacial score (nSPS) is 23.9. The van der Waals surface area contributed by atoms with Crippen molar-refractivity contribution >= 4 is 17.5 Å². The number of rotatable bonds is 1. The molecule has 1 unspecified atom stereocenters. The standard InChI is InChI=1S/C16H20N2O2/c1-10-7-14(19)18-13-8-11(5-6-12(10)13)17-15(20)9-16(2,3)4/h5-8,12H,9H2,1-4H3,(H,18,19). The molecule has 1 N–H and O–H groups in total. The summed E-state index contributed by atoms with van der Waals surface area (Å²) < 4.78 is 0. The van der Waals surface area contributed by atoms with Crippen LogP contribution in [0.15, 0.2) is 40.6 Å². The summed E-state index contributed by atoms with van der Waals surface area (Å²) in [7, 11) is 0. The van der Waals surface area contributed by atoms with Crippen molar-refractivity contribution in [1.82, 2.24) is 5.32 Å². The quantitative estimate of drug-likeness (QED) is 0.797. The molecule has 0 aromatic heterocycles. The van der Waals surface area contributed by atoms with Gasteiger partial charge in [-0.15, -0.1) is 0 Å². The van der Waals surface area contributed by atoms with Gasteiger partial charge in [-0.25, -0.2) is 4.99 Å². The van der Waals surface area contributed by atoms with E-state index in [0.29, 0.717) is 12.1 Å². The number of hydrogen-bond acceptors (Lipinski definition) is 2. The van der Waals surface area contributed by atoms with Crippen LogP contribution in [0.1, 0.15) is 34.1 Å². The summed E-state index contributed by atoms with van der Waals surface area (Å²) in [6, 6.07) is 0. The lowest BCUT2D eigenvalue weighted by molar-refractivity contribution is -0.119. The smallest absolute Gasteiger partial charge is 0.248 e. The van der Waals surface area contributed by atoms with E-state index in [0.717, 1.165) is 11.3 Å². The lowest BCUT2D eigenvalue weighted by atomic mass is 9.88. The van der Waals surface area contributed by atoms with Crippen molar-refractivity contribution < 1.29 is 9.59 Å². The molecule has 0 saturated heterocycles. The van der Waals surface area contributed by atoms with Crippen molar-refractivity contribution in [3.05, 3.63) is 35.6 Å². The maximum absolute atomic E-state index is 11.9. The van der Waals surface area contributed by atoms with E-state index < -0.39 is 0 Å². The first-order valence-electron chi connectivity index (χ1n) is 6.75. The highest BCUT2D eigenvalue weighted by molar-refractivity contribution is 6.11. The molecule has 0 radical (unpaired) electrons. The van der Waals surface area contributed by atoms with Crippen molar-refractivity contribution in [3.63, 3.8) is 0 Å². The maximum atomic E-state index is 11.9. The number of carbonyl (C=O) groups is 2. The third-order valence-electron chi connectivity index (χ3n) is 3.15. The molecular formula is C16H20N2O2. The van der Waals surface area contributed by atoms with E-state index in [-0.39, 0.29) is 23.1 Å². The molecule has 0 spiro atoms. The Hall–Kier alpha value is -1.97. The molecule has 0 bridgehead atoms. The van der Waals surface area contributed by atoms with Gasteiger partial charge in [0, 0.05) is 24.1 Å². The fourth-order valence-corrected chi connectivity index (χ4v) is 2.29. The summed E-state index contributed by atoms with van der Waals surface area (Å²) >= 11 is 0. The van der Waals surface area contributed by atoms with Crippen LogP contribution in [-0.4, -0.2) is 17.5 Å². The van der Waals surface area contributed by atoms with Gasteiger partial charge in [-0.2, -0.15) is 0 Å². The van der Waals surface area contributed by atoms with Gasteiger partial charge < -0.3 is 5.32 Å².